The van der Waals surface area contributed by atoms with Crippen molar-refractivity contribution < 1.29 is 10.1 Å². The molecule has 0 aliphatic rings. The van der Waals surface area contributed by atoms with E-state index in [-0.39, 0.29) is 11.6 Å². The molecule has 1 heterocycles. The van der Waals surface area contributed by atoms with Crippen LogP contribution in [0, 0.1) is 0 Å². The average Bonchev–Trinajstić information content (AvgIpc) is 2.68. The van der Waals surface area contributed by atoms with Crippen molar-refractivity contribution in [2.24, 2.45) is 0 Å². The topological polar surface area (TPSA) is 60.7 Å². The molecule has 0 aliphatic carbocycles. The van der Waals surface area contributed by atoms with Crippen molar-refractivity contribution >= 4 is 10.9 Å². The van der Waals surface area contributed by atoms with E-state index in [1.165, 1.54) is 0 Å². The predicted octanol–water partition coefficient (Wildman–Crippen LogP) is 2.11. The maximum absolute atomic E-state index is 13.2. The van der Waals surface area contributed by atoms with Crippen molar-refractivity contribution in [3.63, 3.8) is 0 Å². The van der Waals surface area contributed by atoms with Crippen molar-refractivity contribution in [1.82, 2.24) is 9.55 Å². The number of hydrogen-bond donors (Lipinski definition) is 1. The van der Waals surface area contributed by atoms with E-state index in [0.717, 1.165) is 29.9 Å². The minimum Gasteiger partial charge on any atom is -0.379 e. The first-order valence-corrected chi connectivity index (χ1v) is 9.10. The summed E-state index contributed by atoms with van der Waals surface area (Å²) in [4.78, 5) is 18.1. The molecular formula is C21H26N3O2+. The summed E-state index contributed by atoms with van der Waals surface area (Å²) >= 11 is 0. The summed E-state index contributed by atoms with van der Waals surface area (Å²) in [5, 5.41) is 2.88. The molecule has 136 valence electrons. The highest BCUT2D eigenvalue weighted by molar-refractivity contribution is 5.77. The Kier molecular flexibility index (Phi) is 6.15. The van der Waals surface area contributed by atoms with Gasteiger partial charge in [-0.25, -0.2) is 4.98 Å². The average molecular weight is 352 g/mol. The Hall–Kier alpha value is -2.50. The van der Waals surface area contributed by atoms with E-state index in [4.69, 9.17) is 9.72 Å². The lowest BCUT2D eigenvalue weighted by atomic mass is 10.1. The maximum Gasteiger partial charge on any atom is 0.261 e. The molecule has 2 aromatic carbocycles. The Morgan fingerprint density at radius 3 is 2.58 bits per heavy atom. The van der Waals surface area contributed by atoms with Gasteiger partial charge in [-0.15, -0.1) is 0 Å². The number of quaternary nitrogens is 1. The largest absolute Gasteiger partial charge is 0.379 e. The molecule has 0 amide bonds. The monoisotopic (exact) mass is 352 g/mol. The van der Waals surface area contributed by atoms with Crippen molar-refractivity contribution in [2.45, 2.75) is 25.9 Å². The second-order valence-electron chi connectivity index (χ2n) is 6.40. The summed E-state index contributed by atoms with van der Waals surface area (Å²) in [6.07, 6.45) is 0.892. The molecule has 1 atom stereocenters. The summed E-state index contributed by atoms with van der Waals surface area (Å²) in [7, 11) is 1.70. The summed E-state index contributed by atoms with van der Waals surface area (Å²) in [6, 6.07) is 17.8. The molecule has 26 heavy (non-hydrogen) atoms. The third kappa shape index (κ3) is 4.00. The molecule has 5 heteroatoms. The minimum atomic E-state index is 0.0213. The highest BCUT2D eigenvalue weighted by atomic mass is 16.5. The van der Waals surface area contributed by atoms with Crippen LogP contribution in [0.5, 0.6) is 0 Å². The second kappa shape index (κ2) is 8.74. The number of nitrogens with two attached hydrogens (primary N) is 1. The van der Waals surface area contributed by atoms with E-state index in [9.17, 15) is 4.79 Å². The fourth-order valence-corrected chi connectivity index (χ4v) is 3.23. The van der Waals surface area contributed by atoms with E-state index < -0.39 is 0 Å². The molecule has 3 rings (SSSR count). The lowest BCUT2D eigenvalue weighted by Gasteiger charge is -2.19. The summed E-state index contributed by atoms with van der Waals surface area (Å²) < 4.78 is 7.00. The van der Waals surface area contributed by atoms with Crippen molar-refractivity contribution in [1.29, 1.82) is 0 Å². The molecule has 3 aromatic rings. The van der Waals surface area contributed by atoms with Gasteiger partial charge in [0.15, 0.2) is 5.82 Å². The number of aromatic nitrogens is 2. The van der Waals surface area contributed by atoms with E-state index in [1.807, 2.05) is 59.2 Å². The summed E-state index contributed by atoms with van der Waals surface area (Å²) in [5.41, 5.74) is 1.88. The van der Waals surface area contributed by atoms with Crippen LogP contribution in [0.2, 0.25) is 0 Å². The van der Waals surface area contributed by atoms with Crippen LogP contribution in [0.3, 0.4) is 0 Å². The normalized spacial score (nSPS) is 12.4. The molecule has 5 nitrogen and oxygen atoms in total. The first-order chi connectivity index (χ1) is 12.7. The van der Waals surface area contributed by atoms with Gasteiger partial charge in [0.05, 0.1) is 30.6 Å². The Labute approximate surface area is 153 Å². The first kappa shape index (κ1) is 18.3. The molecule has 0 spiro atoms. The molecule has 0 fully saturated rings. The van der Waals surface area contributed by atoms with Gasteiger partial charge >= 0.3 is 0 Å². The predicted molar refractivity (Wildman–Crippen MR) is 103 cm³/mol. The Bertz CT molecular complexity index is 906. The molecule has 2 N–H and O–H groups in total. The molecule has 0 saturated carbocycles. The van der Waals surface area contributed by atoms with Crippen LogP contribution in [0.1, 0.15) is 30.8 Å². The van der Waals surface area contributed by atoms with Crippen molar-refractivity contribution in [3.8, 4) is 0 Å². The molecule has 1 aromatic heterocycles. The van der Waals surface area contributed by atoms with Crippen molar-refractivity contribution in [3.05, 3.63) is 76.3 Å². The van der Waals surface area contributed by atoms with Gasteiger partial charge in [0, 0.05) is 13.5 Å². The van der Waals surface area contributed by atoms with Gasteiger partial charge in [-0.1, -0.05) is 49.4 Å². The number of para-hydroxylation sites is 1. The van der Waals surface area contributed by atoms with Crippen LogP contribution in [-0.2, 0) is 11.3 Å². The summed E-state index contributed by atoms with van der Waals surface area (Å²) in [6.45, 7) is 4.17. The lowest BCUT2D eigenvalue weighted by Crippen LogP contribution is -2.86. The smallest absolute Gasteiger partial charge is 0.261 e. The number of benzene rings is 2. The molecular weight excluding hydrogens is 326 g/mol. The van der Waals surface area contributed by atoms with Gasteiger partial charge in [0.1, 0.15) is 6.04 Å². The Balaban J connectivity index is 2.09. The van der Waals surface area contributed by atoms with Crippen LogP contribution in [0.25, 0.3) is 10.9 Å². The third-order valence-electron chi connectivity index (χ3n) is 4.62. The number of nitrogens with zero attached hydrogens (tertiary/aromatic N) is 2. The number of ether oxygens (including phenoxy) is 1. The van der Waals surface area contributed by atoms with E-state index >= 15 is 0 Å². The van der Waals surface area contributed by atoms with Gasteiger partial charge < -0.3 is 10.1 Å². The lowest BCUT2D eigenvalue weighted by molar-refractivity contribution is -0.698. The highest BCUT2D eigenvalue weighted by Crippen LogP contribution is 2.15. The quantitative estimate of drug-likeness (QED) is 0.632. The van der Waals surface area contributed by atoms with Gasteiger partial charge in [0.25, 0.3) is 5.56 Å². The second-order valence-corrected chi connectivity index (χ2v) is 6.40. The third-order valence-corrected chi connectivity index (χ3v) is 4.62. The van der Waals surface area contributed by atoms with Crippen LogP contribution < -0.4 is 10.9 Å². The SMILES string of the molecule is CC[C@@H]([NH2+]CCOC)c1nc2ccccc2c(=O)n1Cc1ccccc1. The van der Waals surface area contributed by atoms with Gasteiger partial charge in [0.2, 0.25) is 0 Å². The van der Waals surface area contributed by atoms with Gasteiger partial charge in [-0.3, -0.25) is 9.36 Å². The number of methoxy groups -OCH3 is 1. The minimum absolute atomic E-state index is 0.0213. The Morgan fingerprint density at radius 2 is 1.85 bits per heavy atom. The molecule has 0 aliphatic heterocycles. The van der Waals surface area contributed by atoms with E-state index in [1.54, 1.807) is 7.11 Å². The number of fused-ring (bicyclic) bond motifs is 1. The highest BCUT2D eigenvalue weighted by Gasteiger charge is 2.21. The number of hydrogen-bond acceptors (Lipinski definition) is 3. The van der Waals surface area contributed by atoms with Gasteiger partial charge in [-0.2, -0.15) is 0 Å². The van der Waals surface area contributed by atoms with Crippen LogP contribution >= 0.6 is 0 Å². The molecule has 0 saturated heterocycles. The Morgan fingerprint density at radius 1 is 1.12 bits per heavy atom. The van der Waals surface area contributed by atoms with E-state index in [0.29, 0.717) is 18.5 Å². The molecule has 0 unspecified atom stereocenters. The molecule has 0 bridgehead atoms. The fourth-order valence-electron chi connectivity index (χ4n) is 3.23. The maximum atomic E-state index is 13.2. The van der Waals surface area contributed by atoms with Crippen molar-refractivity contribution in [2.75, 3.05) is 20.3 Å². The number of rotatable bonds is 8. The van der Waals surface area contributed by atoms with Crippen LogP contribution in [0.4, 0.5) is 0 Å². The zero-order valence-corrected chi connectivity index (χ0v) is 15.4. The zero-order chi connectivity index (χ0) is 18.4. The van der Waals surface area contributed by atoms with Crippen LogP contribution in [-0.4, -0.2) is 29.8 Å². The summed E-state index contributed by atoms with van der Waals surface area (Å²) in [5.74, 6) is 0.830. The first-order valence-electron chi connectivity index (χ1n) is 9.10. The molecule has 0 radical (unpaired) electrons. The fraction of sp³-hybridized carbons (Fsp3) is 0.333. The van der Waals surface area contributed by atoms with Crippen LogP contribution in [0.15, 0.2) is 59.4 Å². The van der Waals surface area contributed by atoms with Gasteiger partial charge in [-0.05, 0) is 17.7 Å². The van der Waals surface area contributed by atoms with E-state index in [2.05, 4.69) is 12.2 Å². The standard InChI is InChI=1S/C21H25N3O2/c1-3-18(22-13-14-26-2)20-23-19-12-8-7-11-17(19)21(25)24(20)15-16-9-5-4-6-10-16/h4-12,18,22H,3,13-15H2,1-2H3/p+1/t18-/m1/s1. The zero-order valence-electron chi connectivity index (χ0n) is 15.4.